The van der Waals surface area contributed by atoms with Crippen LogP contribution in [0.25, 0.3) is 0 Å². The molecule has 6 heteroatoms. The number of pyridine rings is 1. The van der Waals surface area contributed by atoms with E-state index in [1.807, 2.05) is 6.92 Å². The van der Waals surface area contributed by atoms with Gasteiger partial charge in [0.25, 0.3) is 5.91 Å². The molecule has 2 amide bonds. The Morgan fingerprint density at radius 1 is 1.32 bits per heavy atom. The molecule has 0 atom stereocenters. The number of amides is 2. The van der Waals surface area contributed by atoms with Crippen LogP contribution in [0.4, 0.5) is 5.82 Å². The van der Waals surface area contributed by atoms with Crippen LogP contribution in [0.5, 0.6) is 0 Å². The number of aromatic nitrogens is 1. The summed E-state index contributed by atoms with van der Waals surface area (Å²) >= 11 is 0. The third-order valence-electron chi connectivity index (χ3n) is 2.46. The third-order valence-corrected chi connectivity index (χ3v) is 2.46. The molecule has 19 heavy (non-hydrogen) atoms. The first-order valence-corrected chi connectivity index (χ1v) is 6.28. The zero-order chi connectivity index (χ0) is 14.3. The zero-order valence-corrected chi connectivity index (χ0v) is 11.5. The molecule has 1 rings (SSSR count). The Balaban J connectivity index is 2.73. The van der Waals surface area contributed by atoms with E-state index in [1.165, 1.54) is 7.05 Å². The Bertz CT molecular complexity index is 460. The minimum Gasteiger partial charge on any atom is -0.370 e. The fraction of sp³-hybridized carbons (Fsp3) is 0.462. The minimum absolute atomic E-state index is 0.0333. The van der Waals surface area contributed by atoms with Gasteiger partial charge in [-0.25, -0.2) is 4.98 Å². The van der Waals surface area contributed by atoms with Crippen LogP contribution in [0.1, 0.15) is 29.4 Å². The second-order valence-electron chi connectivity index (χ2n) is 4.17. The Morgan fingerprint density at radius 2 is 2.05 bits per heavy atom. The highest BCUT2D eigenvalue weighted by molar-refractivity contribution is 5.97. The molecule has 1 aromatic rings. The van der Waals surface area contributed by atoms with Crippen LogP contribution >= 0.6 is 0 Å². The van der Waals surface area contributed by atoms with E-state index in [0.29, 0.717) is 11.4 Å². The number of aryl methyl sites for hydroxylation is 1. The van der Waals surface area contributed by atoms with Crippen LogP contribution < -0.4 is 16.0 Å². The van der Waals surface area contributed by atoms with Crippen molar-refractivity contribution in [1.29, 1.82) is 0 Å². The van der Waals surface area contributed by atoms with Gasteiger partial charge in [0.1, 0.15) is 5.82 Å². The Kier molecular flexibility index (Phi) is 5.78. The predicted molar refractivity (Wildman–Crippen MR) is 74.2 cm³/mol. The van der Waals surface area contributed by atoms with Gasteiger partial charge in [0.05, 0.1) is 6.54 Å². The monoisotopic (exact) mass is 264 g/mol. The van der Waals surface area contributed by atoms with Crippen LogP contribution in [0.2, 0.25) is 0 Å². The van der Waals surface area contributed by atoms with Crippen molar-refractivity contribution in [2.45, 2.75) is 20.3 Å². The summed E-state index contributed by atoms with van der Waals surface area (Å²) in [6.07, 6.45) is 0.980. The van der Waals surface area contributed by atoms with Crippen molar-refractivity contribution in [2.24, 2.45) is 0 Å². The molecule has 0 fully saturated rings. The summed E-state index contributed by atoms with van der Waals surface area (Å²) in [5, 5.41) is 8.13. The molecule has 0 aromatic carbocycles. The number of carbonyl (C=O) groups excluding carboxylic acids is 2. The van der Waals surface area contributed by atoms with Crippen LogP contribution in [-0.2, 0) is 4.79 Å². The fourth-order valence-corrected chi connectivity index (χ4v) is 1.49. The molecular formula is C13H20N4O2. The second kappa shape index (κ2) is 7.35. The van der Waals surface area contributed by atoms with Gasteiger partial charge in [-0.3, -0.25) is 9.59 Å². The molecule has 6 nitrogen and oxygen atoms in total. The van der Waals surface area contributed by atoms with Crippen LogP contribution in [0.3, 0.4) is 0 Å². The van der Waals surface area contributed by atoms with Crippen LogP contribution in [-0.4, -0.2) is 36.9 Å². The second-order valence-corrected chi connectivity index (χ2v) is 4.17. The van der Waals surface area contributed by atoms with Crippen molar-refractivity contribution < 1.29 is 9.59 Å². The normalized spacial score (nSPS) is 9.84. The summed E-state index contributed by atoms with van der Waals surface area (Å²) in [6.45, 7) is 4.65. The first-order valence-electron chi connectivity index (χ1n) is 6.28. The molecule has 0 aliphatic carbocycles. The number of likely N-dealkylation sites (N-methyl/N-ethyl adjacent to an activating group) is 1. The molecule has 0 aliphatic heterocycles. The maximum Gasteiger partial charge on any atom is 0.251 e. The number of rotatable bonds is 6. The van der Waals surface area contributed by atoms with Gasteiger partial charge < -0.3 is 16.0 Å². The van der Waals surface area contributed by atoms with Gasteiger partial charge in [0.2, 0.25) is 5.91 Å². The summed E-state index contributed by atoms with van der Waals surface area (Å²) in [5.41, 5.74) is 1.25. The standard InChI is InChI=1S/C13H20N4O2/c1-4-5-15-11-7-10(6-9(2)17-11)13(19)16-8-12(18)14-3/h6-7H,4-5,8H2,1-3H3,(H,14,18)(H,15,17)(H,16,19). The van der Waals surface area contributed by atoms with Gasteiger partial charge in [-0.15, -0.1) is 0 Å². The van der Waals surface area contributed by atoms with E-state index in [9.17, 15) is 9.59 Å². The van der Waals surface area contributed by atoms with E-state index in [-0.39, 0.29) is 18.4 Å². The van der Waals surface area contributed by atoms with E-state index in [1.54, 1.807) is 12.1 Å². The maximum atomic E-state index is 11.9. The number of nitrogens with zero attached hydrogens (tertiary/aromatic N) is 1. The molecule has 0 aliphatic rings. The quantitative estimate of drug-likeness (QED) is 0.706. The van der Waals surface area contributed by atoms with E-state index in [4.69, 9.17) is 0 Å². The predicted octanol–water partition coefficient (Wildman–Crippen LogP) is 0.688. The van der Waals surface area contributed by atoms with Crippen molar-refractivity contribution in [3.63, 3.8) is 0 Å². The summed E-state index contributed by atoms with van der Waals surface area (Å²) < 4.78 is 0. The SMILES string of the molecule is CCCNc1cc(C(=O)NCC(=O)NC)cc(C)n1. The molecule has 0 saturated carbocycles. The Morgan fingerprint density at radius 3 is 2.68 bits per heavy atom. The average molecular weight is 264 g/mol. The van der Waals surface area contributed by atoms with Crippen molar-refractivity contribution in [2.75, 3.05) is 25.5 Å². The molecule has 0 radical (unpaired) electrons. The smallest absolute Gasteiger partial charge is 0.251 e. The van der Waals surface area contributed by atoms with Gasteiger partial charge >= 0.3 is 0 Å². The summed E-state index contributed by atoms with van der Waals surface area (Å²) in [4.78, 5) is 27.3. The number of nitrogens with one attached hydrogen (secondary N) is 3. The molecular weight excluding hydrogens is 244 g/mol. The first-order chi connectivity index (χ1) is 9.06. The molecule has 3 N–H and O–H groups in total. The van der Waals surface area contributed by atoms with Gasteiger partial charge in [0.15, 0.2) is 0 Å². The topological polar surface area (TPSA) is 83.1 Å². The van der Waals surface area contributed by atoms with Gasteiger partial charge in [-0.05, 0) is 25.5 Å². The number of carbonyl (C=O) groups is 2. The number of anilines is 1. The third kappa shape index (κ3) is 4.95. The largest absolute Gasteiger partial charge is 0.370 e. The van der Waals surface area contributed by atoms with E-state index in [0.717, 1.165) is 18.7 Å². The highest BCUT2D eigenvalue weighted by Crippen LogP contribution is 2.10. The van der Waals surface area contributed by atoms with Crippen molar-refractivity contribution in [3.8, 4) is 0 Å². The number of hydrogen-bond acceptors (Lipinski definition) is 4. The maximum absolute atomic E-state index is 11.9. The van der Waals surface area contributed by atoms with Crippen molar-refractivity contribution >= 4 is 17.6 Å². The van der Waals surface area contributed by atoms with Gasteiger partial charge in [-0.1, -0.05) is 6.92 Å². The Labute approximate surface area is 113 Å². The lowest BCUT2D eigenvalue weighted by Gasteiger charge is -2.09. The fourth-order valence-electron chi connectivity index (χ4n) is 1.49. The highest BCUT2D eigenvalue weighted by atomic mass is 16.2. The molecule has 104 valence electrons. The van der Waals surface area contributed by atoms with Gasteiger partial charge in [-0.2, -0.15) is 0 Å². The molecule has 0 bridgehead atoms. The zero-order valence-electron chi connectivity index (χ0n) is 11.5. The van der Waals surface area contributed by atoms with Crippen LogP contribution in [0, 0.1) is 6.92 Å². The summed E-state index contributed by atoms with van der Waals surface area (Å²) in [6, 6.07) is 3.37. The van der Waals surface area contributed by atoms with E-state index < -0.39 is 0 Å². The van der Waals surface area contributed by atoms with E-state index >= 15 is 0 Å². The van der Waals surface area contributed by atoms with E-state index in [2.05, 4.69) is 27.9 Å². The molecule has 1 aromatic heterocycles. The van der Waals surface area contributed by atoms with Crippen LogP contribution in [0.15, 0.2) is 12.1 Å². The summed E-state index contributed by atoms with van der Waals surface area (Å²) in [5.74, 6) is 0.157. The van der Waals surface area contributed by atoms with Crippen molar-refractivity contribution in [3.05, 3.63) is 23.4 Å². The lowest BCUT2D eigenvalue weighted by molar-refractivity contribution is -0.119. The molecule has 0 saturated heterocycles. The molecule has 1 heterocycles. The lowest BCUT2D eigenvalue weighted by Crippen LogP contribution is -2.35. The van der Waals surface area contributed by atoms with Crippen molar-refractivity contribution in [1.82, 2.24) is 15.6 Å². The lowest BCUT2D eigenvalue weighted by atomic mass is 10.2. The molecule has 0 unspecified atom stereocenters. The minimum atomic E-state index is -0.284. The average Bonchev–Trinajstić information content (AvgIpc) is 2.41. The molecule has 0 spiro atoms. The summed E-state index contributed by atoms with van der Waals surface area (Å²) in [7, 11) is 1.53. The Hall–Kier alpha value is -2.11. The number of hydrogen-bond donors (Lipinski definition) is 3. The first kappa shape index (κ1) is 14.9. The highest BCUT2D eigenvalue weighted by Gasteiger charge is 2.09. The van der Waals surface area contributed by atoms with Gasteiger partial charge in [0, 0.05) is 24.8 Å².